The van der Waals surface area contributed by atoms with E-state index in [0.29, 0.717) is 12.4 Å². The largest absolute Gasteiger partial charge is 0.497 e. The zero-order valence-corrected chi connectivity index (χ0v) is 17.1. The van der Waals surface area contributed by atoms with Gasteiger partial charge in [0, 0.05) is 24.6 Å². The van der Waals surface area contributed by atoms with Gasteiger partial charge in [0.25, 0.3) is 0 Å². The molecule has 28 heavy (non-hydrogen) atoms. The Labute approximate surface area is 169 Å². The van der Waals surface area contributed by atoms with Crippen molar-refractivity contribution in [2.75, 3.05) is 26.6 Å². The van der Waals surface area contributed by atoms with Gasteiger partial charge in [-0.2, -0.15) is 0 Å². The lowest BCUT2D eigenvalue weighted by Crippen LogP contribution is -2.36. The molecule has 3 aromatic rings. The Hall–Kier alpha value is -2.57. The van der Waals surface area contributed by atoms with E-state index in [1.807, 2.05) is 49.4 Å². The van der Waals surface area contributed by atoms with Crippen molar-refractivity contribution < 1.29 is 14.3 Å². The highest BCUT2D eigenvalue weighted by Gasteiger charge is 2.12. The number of methoxy groups -OCH3 is 2. The van der Waals surface area contributed by atoms with Crippen molar-refractivity contribution in [2.24, 2.45) is 0 Å². The molecule has 0 fully saturated rings. The number of carbonyl (C=O) groups is 1. The molecule has 3 rings (SSSR count). The fourth-order valence-corrected chi connectivity index (χ4v) is 3.72. The Balaban J connectivity index is 1.89. The maximum absolute atomic E-state index is 12.2. The van der Waals surface area contributed by atoms with Gasteiger partial charge in [-0.25, -0.2) is 4.98 Å². The zero-order chi connectivity index (χ0) is 19.9. The highest BCUT2D eigenvalue weighted by molar-refractivity contribution is 7.99. The van der Waals surface area contributed by atoms with E-state index in [0.717, 1.165) is 32.8 Å². The molecule has 0 aliphatic rings. The predicted molar refractivity (Wildman–Crippen MR) is 114 cm³/mol. The zero-order valence-electron chi connectivity index (χ0n) is 16.3. The number of carbonyl (C=O) groups excluding carboxylic acids is 1. The average molecular weight is 397 g/mol. The molecule has 146 valence electrons. The molecule has 0 bridgehead atoms. The second-order valence-corrected chi connectivity index (χ2v) is 7.47. The fourth-order valence-electron chi connectivity index (χ4n) is 2.99. The molecule has 0 spiro atoms. The van der Waals surface area contributed by atoms with E-state index in [1.165, 1.54) is 11.8 Å². The van der Waals surface area contributed by atoms with Crippen molar-refractivity contribution in [3.8, 4) is 16.9 Å². The van der Waals surface area contributed by atoms with Crippen molar-refractivity contribution in [2.45, 2.75) is 18.0 Å². The van der Waals surface area contributed by atoms with Gasteiger partial charge in [-0.1, -0.05) is 42.1 Å². The van der Waals surface area contributed by atoms with Crippen LogP contribution in [0, 0.1) is 0 Å². The lowest BCUT2D eigenvalue weighted by molar-refractivity contribution is -0.119. The van der Waals surface area contributed by atoms with Crippen LogP contribution in [-0.4, -0.2) is 43.5 Å². The predicted octanol–water partition coefficient (Wildman–Crippen LogP) is 4.15. The summed E-state index contributed by atoms with van der Waals surface area (Å²) in [6.07, 6.45) is 0. The van der Waals surface area contributed by atoms with E-state index in [2.05, 4.69) is 17.4 Å². The molecule has 0 radical (unpaired) electrons. The van der Waals surface area contributed by atoms with Crippen LogP contribution in [0.1, 0.15) is 6.92 Å². The smallest absolute Gasteiger partial charge is 0.230 e. The van der Waals surface area contributed by atoms with E-state index >= 15 is 0 Å². The van der Waals surface area contributed by atoms with Gasteiger partial charge in [-0.15, -0.1) is 0 Å². The number of rotatable bonds is 8. The Morgan fingerprint density at radius 3 is 2.64 bits per heavy atom. The number of aromatic nitrogens is 1. The number of hydrogen-bond donors (Lipinski definition) is 1. The van der Waals surface area contributed by atoms with Crippen LogP contribution in [0.3, 0.4) is 0 Å². The Morgan fingerprint density at radius 1 is 1.14 bits per heavy atom. The summed E-state index contributed by atoms with van der Waals surface area (Å²) in [6.45, 7) is 2.41. The van der Waals surface area contributed by atoms with Gasteiger partial charge in [-0.3, -0.25) is 4.79 Å². The number of nitrogens with one attached hydrogen (secondary N) is 1. The first kappa shape index (κ1) is 20.2. The van der Waals surface area contributed by atoms with E-state index in [4.69, 9.17) is 14.5 Å². The van der Waals surface area contributed by atoms with E-state index < -0.39 is 0 Å². The molecule has 0 aliphatic heterocycles. The summed E-state index contributed by atoms with van der Waals surface area (Å²) in [5, 5.41) is 4.77. The SMILES string of the molecule is COC[C@H](C)NC(=O)CSc1cc(-c2ccccc2)c2ccc(OC)cc2n1. The lowest BCUT2D eigenvalue weighted by Gasteiger charge is -2.13. The molecule has 0 aliphatic carbocycles. The van der Waals surface area contributed by atoms with Crippen LogP contribution < -0.4 is 10.1 Å². The maximum Gasteiger partial charge on any atom is 0.230 e. The third-order valence-corrected chi connectivity index (χ3v) is 5.16. The molecule has 0 saturated heterocycles. The van der Waals surface area contributed by atoms with Gasteiger partial charge >= 0.3 is 0 Å². The molecule has 1 amide bonds. The molecule has 0 unspecified atom stereocenters. The van der Waals surface area contributed by atoms with Crippen molar-refractivity contribution in [1.29, 1.82) is 0 Å². The number of nitrogens with zero attached hydrogens (tertiary/aromatic N) is 1. The normalized spacial score (nSPS) is 12.0. The highest BCUT2D eigenvalue weighted by Crippen LogP contribution is 2.33. The summed E-state index contributed by atoms with van der Waals surface area (Å²) in [6, 6.07) is 18.1. The van der Waals surface area contributed by atoms with Crippen LogP contribution in [0.15, 0.2) is 59.6 Å². The number of pyridine rings is 1. The quantitative estimate of drug-likeness (QED) is 0.580. The molecule has 0 saturated carbocycles. The molecular weight excluding hydrogens is 372 g/mol. The number of benzene rings is 2. The summed E-state index contributed by atoms with van der Waals surface area (Å²) in [4.78, 5) is 16.9. The lowest BCUT2D eigenvalue weighted by atomic mass is 10.0. The Kier molecular flexibility index (Phi) is 6.90. The number of hydrogen-bond acceptors (Lipinski definition) is 5. The van der Waals surface area contributed by atoms with Crippen molar-refractivity contribution in [1.82, 2.24) is 10.3 Å². The molecule has 1 atom stereocenters. The molecular formula is C22H24N2O3S. The van der Waals surface area contributed by atoms with Crippen LogP contribution in [0.2, 0.25) is 0 Å². The van der Waals surface area contributed by atoms with Crippen LogP contribution in [-0.2, 0) is 9.53 Å². The third-order valence-electron chi connectivity index (χ3n) is 4.25. The van der Waals surface area contributed by atoms with Crippen molar-refractivity contribution >= 4 is 28.6 Å². The minimum absolute atomic E-state index is 0.0215. The Bertz CT molecular complexity index is 947. The van der Waals surface area contributed by atoms with Gasteiger partial charge < -0.3 is 14.8 Å². The van der Waals surface area contributed by atoms with Gasteiger partial charge in [0.1, 0.15) is 5.75 Å². The van der Waals surface area contributed by atoms with Gasteiger partial charge in [0.2, 0.25) is 5.91 Å². The van der Waals surface area contributed by atoms with Crippen LogP contribution >= 0.6 is 11.8 Å². The average Bonchev–Trinajstić information content (AvgIpc) is 2.72. The molecule has 5 nitrogen and oxygen atoms in total. The highest BCUT2D eigenvalue weighted by atomic mass is 32.2. The minimum Gasteiger partial charge on any atom is -0.497 e. The number of ether oxygens (including phenoxy) is 2. The summed E-state index contributed by atoms with van der Waals surface area (Å²) < 4.78 is 10.4. The monoisotopic (exact) mass is 396 g/mol. The third kappa shape index (κ3) is 5.03. The van der Waals surface area contributed by atoms with Gasteiger partial charge in [0.05, 0.1) is 30.0 Å². The first-order chi connectivity index (χ1) is 13.6. The molecule has 1 N–H and O–H groups in total. The molecule has 1 heterocycles. The fraction of sp³-hybridized carbons (Fsp3) is 0.273. The van der Waals surface area contributed by atoms with Crippen LogP contribution in [0.25, 0.3) is 22.0 Å². The number of fused-ring (bicyclic) bond motifs is 1. The number of thioether (sulfide) groups is 1. The first-order valence-electron chi connectivity index (χ1n) is 9.06. The van der Waals surface area contributed by atoms with E-state index in [-0.39, 0.29) is 11.9 Å². The standard InChI is InChI=1S/C22H24N2O3S/c1-15(13-26-2)23-21(25)14-28-22-12-19(16-7-5-4-6-8-16)18-10-9-17(27-3)11-20(18)24-22/h4-12,15H,13-14H2,1-3H3,(H,23,25)/t15-/m0/s1. The van der Waals surface area contributed by atoms with E-state index in [1.54, 1.807) is 14.2 Å². The second-order valence-electron chi connectivity index (χ2n) is 6.47. The Morgan fingerprint density at radius 2 is 1.93 bits per heavy atom. The molecule has 1 aromatic heterocycles. The molecule has 6 heteroatoms. The first-order valence-corrected chi connectivity index (χ1v) is 10.0. The van der Waals surface area contributed by atoms with Crippen molar-refractivity contribution in [3.63, 3.8) is 0 Å². The summed E-state index contributed by atoms with van der Waals surface area (Å²) in [5.74, 6) is 1.01. The number of amides is 1. The molecule has 2 aromatic carbocycles. The van der Waals surface area contributed by atoms with Gasteiger partial charge in [0.15, 0.2) is 0 Å². The topological polar surface area (TPSA) is 60.5 Å². The van der Waals surface area contributed by atoms with Gasteiger partial charge in [-0.05, 0) is 36.2 Å². The maximum atomic E-state index is 12.2. The second kappa shape index (κ2) is 9.57. The summed E-state index contributed by atoms with van der Waals surface area (Å²) in [7, 11) is 3.26. The summed E-state index contributed by atoms with van der Waals surface area (Å²) >= 11 is 1.42. The van der Waals surface area contributed by atoms with Crippen LogP contribution in [0.5, 0.6) is 5.75 Å². The summed E-state index contributed by atoms with van der Waals surface area (Å²) in [5.41, 5.74) is 3.04. The van der Waals surface area contributed by atoms with E-state index in [9.17, 15) is 4.79 Å². The van der Waals surface area contributed by atoms with Crippen LogP contribution in [0.4, 0.5) is 0 Å². The van der Waals surface area contributed by atoms with Crippen molar-refractivity contribution in [3.05, 3.63) is 54.6 Å². The minimum atomic E-state index is -0.0386.